The van der Waals surface area contributed by atoms with Crippen molar-refractivity contribution in [1.29, 1.82) is 0 Å². The van der Waals surface area contributed by atoms with Crippen LogP contribution in [0.3, 0.4) is 0 Å². The summed E-state index contributed by atoms with van der Waals surface area (Å²) in [6.07, 6.45) is 0.286. The largest absolute Gasteiger partial charge is 0.396 e. The molecule has 2 nitrogen and oxygen atoms in total. The monoisotopic (exact) mass is 164 g/mol. The van der Waals surface area contributed by atoms with Crippen LogP contribution in [0.4, 0.5) is 0 Å². The average Bonchev–Trinajstić information content (AvgIpc) is 2.44. The molecule has 2 atom stereocenters. The molecular weight excluding hydrogens is 152 g/mol. The highest BCUT2D eigenvalue weighted by Gasteiger charge is 2.28. The second kappa shape index (κ2) is 2.88. The van der Waals surface area contributed by atoms with E-state index >= 15 is 0 Å². The second-order valence-electron chi connectivity index (χ2n) is 3.26. The summed E-state index contributed by atoms with van der Waals surface area (Å²) in [6.45, 7) is 0.133. The maximum atomic E-state index is 9.57. The van der Waals surface area contributed by atoms with Crippen molar-refractivity contribution in [3.63, 3.8) is 0 Å². The highest BCUT2D eigenvalue weighted by atomic mass is 16.3. The van der Waals surface area contributed by atoms with Crippen molar-refractivity contribution in [2.24, 2.45) is 0 Å². The lowest BCUT2D eigenvalue weighted by Gasteiger charge is -2.04. The van der Waals surface area contributed by atoms with Crippen LogP contribution in [0.5, 0.6) is 0 Å². The van der Waals surface area contributed by atoms with E-state index in [1.165, 1.54) is 0 Å². The number of aliphatic hydroxyl groups excluding tert-OH is 2. The number of hydrogen-bond acceptors (Lipinski definition) is 2. The number of hydrogen-bond donors (Lipinski definition) is 2. The highest BCUT2D eigenvalue weighted by molar-refractivity contribution is 5.36. The molecule has 0 unspecified atom stereocenters. The van der Waals surface area contributed by atoms with E-state index in [4.69, 9.17) is 5.11 Å². The van der Waals surface area contributed by atoms with Crippen molar-refractivity contribution in [3.05, 3.63) is 35.4 Å². The first-order valence-corrected chi connectivity index (χ1v) is 4.20. The quantitative estimate of drug-likeness (QED) is 0.654. The summed E-state index contributed by atoms with van der Waals surface area (Å²) >= 11 is 0. The van der Waals surface area contributed by atoms with Gasteiger partial charge < -0.3 is 10.2 Å². The smallest absolute Gasteiger partial charge is 0.0799 e. The summed E-state index contributed by atoms with van der Waals surface area (Å²) in [5.74, 6) is 0.135. The molecule has 2 N–H and O–H groups in total. The van der Waals surface area contributed by atoms with Crippen molar-refractivity contribution in [2.75, 3.05) is 6.61 Å². The third-order valence-electron chi connectivity index (χ3n) is 2.52. The number of benzene rings is 1. The topological polar surface area (TPSA) is 40.5 Å². The van der Waals surface area contributed by atoms with Crippen LogP contribution in [-0.2, 0) is 0 Å². The van der Waals surface area contributed by atoms with Gasteiger partial charge in [-0.05, 0) is 17.5 Å². The first kappa shape index (κ1) is 7.77. The van der Waals surface area contributed by atoms with Crippen LogP contribution in [-0.4, -0.2) is 16.8 Å². The van der Waals surface area contributed by atoms with E-state index in [1.54, 1.807) is 0 Å². The number of fused-ring (bicyclic) bond motifs is 1. The molecule has 0 fully saturated rings. The molecule has 0 saturated heterocycles. The zero-order valence-corrected chi connectivity index (χ0v) is 6.77. The van der Waals surface area contributed by atoms with Gasteiger partial charge in [0.2, 0.25) is 0 Å². The molecule has 2 heteroatoms. The van der Waals surface area contributed by atoms with Crippen LogP contribution in [0, 0.1) is 0 Å². The standard InChI is InChI=1S/C10H12O2/c11-6-7-5-10(12)9-4-2-1-3-8(7)9/h1-4,7,10-12H,5-6H2/t7-,10+/m1/s1. The Balaban J connectivity index is 2.43. The van der Waals surface area contributed by atoms with Gasteiger partial charge in [-0.1, -0.05) is 24.3 Å². The van der Waals surface area contributed by atoms with Gasteiger partial charge in [-0.2, -0.15) is 0 Å². The Labute approximate surface area is 71.5 Å². The summed E-state index contributed by atoms with van der Waals surface area (Å²) in [4.78, 5) is 0. The summed E-state index contributed by atoms with van der Waals surface area (Å²) in [5, 5.41) is 18.6. The number of aliphatic hydroxyl groups is 2. The lowest BCUT2D eigenvalue weighted by Crippen LogP contribution is -1.98. The molecule has 0 bridgehead atoms. The van der Waals surface area contributed by atoms with Crippen molar-refractivity contribution < 1.29 is 10.2 Å². The molecule has 2 rings (SSSR count). The maximum absolute atomic E-state index is 9.57. The predicted molar refractivity (Wildman–Crippen MR) is 45.8 cm³/mol. The zero-order valence-electron chi connectivity index (χ0n) is 6.77. The zero-order chi connectivity index (χ0) is 8.55. The molecule has 0 aliphatic heterocycles. The van der Waals surface area contributed by atoms with E-state index in [-0.39, 0.29) is 18.6 Å². The third kappa shape index (κ3) is 1.04. The van der Waals surface area contributed by atoms with Crippen LogP contribution < -0.4 is 0 Å². The Morgan fingerprint density at radius 3 is 2.58 bits per heavy atom. The van der Waals surface area contributed by atoms with Crippen molar-refractivity contribution in [3.8, 4) is 0 Å². The summed E-state index contributed by atoms with van der Waals surface area (Å²) in [5.41, 5.74) is 2.09. The van der Waals surface area contributed by atoms with Crippen molar-refractivity contribution >= 4 is 0 Å². The Kier molecular flexibility index (Phi) is 1.87. The van der Waals surface area contributed by atoms with Gasteiger partial charge in [0, 0.05) is 5.92 Å². The van der Waals surface area contributed by atoms with E-state index in [1.807, 2.05) is 24.3 Å². The van der Waals surface area contributed by atoms with Crippen molar-refractivity contribution in [2.45, 2.75) is 18.4 Å². The fraction of sp³-hybridized carbons (Fsp3) is 0.400. The molecule has 1 aromatic rings. The van der Waals surface area contributed by atoms with Gasteiger partial charge >= 0.3 is 0 Å². The predicted octanol–water partition coefficient (Wildman–Crippen LogP) is 1.20. The summed E-state index contributed by atoms with van der Waals surface area (Å²) in [6, 6.07) is 7.77. The third-order valence-corrected chi connectivity index (χ3v) is 2.52. The Hall–Kier alpha value is -0.860. The van der Waals surface area contributed by atoms with E-state index < -0.39 is 0 Å². The van der Waals surface area contributed by atoms with Crippen LogP contribution in [0.1, 0.15) is 29.6 Å². The fourth-order valence-electron chi connectivity index (χ4n) is 1.88. The van der Waals surface area contributed by atoms with Gasteiger partial charge in [0.25, 0.3) is 0 Å². The summed E-state index contributed by atoms with van der Waals surface area (Å²) < 4.78 is 0. The van der Waals surface area contributed by atoms with Gasteiger partial charge in [0.05, 0.1) is 12.7 Å². The summed E-state index contributed by atoms with van der Waals surface area (Å²) in [7, 11) is 0. The Bertz CT molecular complexity index is 283. The van der Waals surface area contributed by atoms with Gasteiger partial charge in [-0.25, -0.2) is 0 Å². The van der Waals surface area contributed by atoms with Crippen molar-refractivity contribution in [1.82, 2.24) is 0 Å². The molecule has 0 amide bonds. The molecule has 1 aliphatic carbocycles. The minimum Gasteiger partial charge on any atom is -0.396 e. The fourth-order valence-corrected chi connectivity index (χ4v) is 1.88. The van der Waals surface area contributed by atoms with Gasteiger partial charge in [0.15, 0.2) is 0 Å². The van der Waals surface area contributed by atoms with E-state index in [2.05, 4.69) is 0 Å². The molecule has 64 valence electrons. The Morgan fingerprint density at radius 2 is 1.92 bits per heavy atom. The molecule has 0 saturated carbocycles. The van der Waals surface area contributed by atoms with Gasteiger partial charge in [-0.3, -0.25) is 0 Å². The van der Waals surface area contributed by atoms with Crippen LogP contribution >= 0.6 is 0 Å². The van der Waals surface area contributed by atoms with Crippen LogP contribution in [0.2, 0.25) is 0 Å². The molecule has 1 aromatic carbocycles. The molecule has 0 spiro atoms. The molecular formula is C10H12O2. The minimum atomic E-state index is -0.377. The molecule has 0 aromatic heterocycles. The van der Waals surface area contributed by atoms with Gasteiger partial charge in [0.1, 0.15) is 0 Å². The maximum Gasteiger partial charge on any atom is 0.0799 e. The van der Waals surface area contributed by atoms with Crippen LogP contribution in [0.15, 0.2) is 24.3 Å². The first-order valence-electron chi connectivity index (χ1n) is 4.20. The van der Waals surface area contributed by atoms with E-state index in [0.717, 1.165) is 11.1 Å². The van der Waals surface area contributed by atoms with E-state index in [0.29, 0.717) is 6.42 Å². The highest BCUT2D eigenvalue weighted by Crippen LogP contribution is 2.39. The SMILES string of the molecule is OC[C@H]1C[C@H](O)c2ccccc21. The lowest BCUT2D eigenvalue weighted by atomic mass is 10.0. The first-order chi connectivity index (χ1) is 5.83. The molecule has 0 heterocycles. The molecule has 0 radical (unpaired) electrons. The molecule has 1 aliphatic rings. The van der Waals surface area contributed by atoms with Crippen LogP contribution in [0.25, 0.3) is 0 Å². The van der Waals surface area contributed by atoms with Gasteiger partial charge in [-0.15, -0.1) is 0 Å². The lowest BCUT2D eigenvalue weighted by molar-refractivity contribution is 0.158. The molecule has 12 heavy (non-hydrogen) atoms. The van der Waals surface area contributed by atoms with E-state index in [9.17, 15) is 5.11 Å². The minimum absolute atomic E-state index is 0.133. The number of rotatable bonds is 1. The Morgan fingerprint density at radius 1 is 1.25 bits per heavy atom. The second-order valence-corrected chi connectivity index (χ2v) is 3.26. The average molecular weight is 164 g/mol. The normalized spacial score (nSPS) is 27.2.